The summed E-state index contributed by atoms with van der Waals surface area (Å²) in [6.45, 7) is 1.14. The molecule has 0 aliphatic carbocycles. The van der Waals surface area contributed by atoms with Gasteiger partial charge in [-0.25, -0.2) is 9.37 Å². The van der Waals surface area contributed by atoms with Crippen molar-refractivity contribution in [1.82, 2.24) is 14.9 Å². The molecule has 0 unspecified atom stereocenters. The number of nitrogens with zero attached hydrogens (tertiary/aromatic N) is 3. The Balaban J connectivity index is 1.58. The Hall–Kier alpha value is -2.22. The smallest absolute Gasteiger partial charge is 0.318 e. The number of anilines is 1. The fourth-order valence-corrected chi connectivity index (χ4v) is 3.01. The van der Waals surface area contributed by atoms with Gasteiger partial charge >= 0.3 is 6.01 Å². The predicted octanol–water partition coefficient (Wildman–Crippen LogP) is 2.64. The summed E-state index contributed by atoms with van der Waals surface area (Å²) >= 11 is 3.40. The van der Waals surface area contributed by atoms with Crippen molar-refractivity contribution in [2.45, 2.75) is 18.9 Å². The van der Waals surface area contributed by atoms with Gasteiger partial charge in [-0.15, -0.1) is 0 Å². The van der Waals surface area contributed by atoms with E-state index in [1.807, 2.05) is 18.2 Å². The molecule has 0 bridgehead atoms. The van der Waals surface area contributed by atoms with E-state index in [0.717, 1.165) is 10.7 Å². The number of nitrogen functional groups attached to an aromatic ring is 1. The fraction of sp³-hybridized carbons (Fsp3) is 0.312. The molecule has 6 nitrogen and oxygen atoms in total. The molecular weight excluding hydrogens is 379 g/mol. The Morgan fingerprint density at radius 2 is 2.04 bits per heavy atom. The Morgan fingerprint density at radius 1 is 1.33 bits per heavy atom. The Kier molecular flexibility index (Phi) is 4.94. The summed E-state index contributed by atoms with van der Waals surface area (Å²) in [7, 11) is 0. The third kappa shape index (κ3) is 3.64. The van der Waals surface area contributed by atoms with Crippen molar-refractivity contribution in [2.24, 2.45) is 0 Å². The quantitative estimate of drug-likeness (QED) is 0.864. The fourth-order valence-electron chi connectivity index (χ4n) is 2.55. The molecule has 2 heterocycles. The molecule has 24 heavy (non-hydrogen) atoms. The van der Waals surface area contributed by atoms with Gasteiger partial charge in [0.2, 0.25) is 0 Å². The third-order valence-corrected chi connectivity index (χ3v) is 4.55. The highest BCUT2D eigenvalue weighted by atomic mass is 79.9. The highest BCUT2D eigenvalue weighted by molar-refractivity contribution is 9.10. The maximum atomic E-state index is 13.1. The number of ether oxygens (including phenoxy) is 1. The van der Waals surface area contributed by atoms with E-state index in [2.05, 4.69) is 25.9 Å². The number of hydrogen-bond donors (Lipinski definition) is 1. The molecule has 1 aliphatic rings. The molecule has 126 valence electrons. The first-order valence-electron chi connectivity index (χ1n) is 7.53. The van der Waals surface area contributed by atoms with E-state index in [-0.39, 0.29) is 23.8 Å². The first kappa shape index (κ1) is 16.6. The molecule has 0 spiro atoms. The van der Waals surface area contributed by atoms with E-state index in [9.17, 15) is 9.18 Å². The SMILES string of the molecule is Nc1nc(OC2CCN(C(=O)c3ccccc3Br)CC2)ncc1F. The molecule has 1 fully saturated rings. The lowest BCUT2D eigenvalue weighted by atomic mass is 10.1. The zero-order valence-corrected chi connectivity index (χ0v) is 14.4. The van der Waals surface area contributed by atoms with Gasteiger partial charge in [0.05, 0.1) is 11.8 Å². The largest absolute Gasteiger partial charge is 0.460 e. The molecule has 8 heteroatoms. The minimum Gasteiger partial charge on any atom is -0.460 e. The van der Waals surface area contributed by atoms with Gasteiger partial charge in [0, 0.05) is 30.4 Å². The molecule has 1 aromatic heterocycles. The molecule has 1 aromatic carbocycles. The Morgan fingerprint density at radius 3 is 2.71 bits per heavy atom. The van der Waals surface area contributed by atoms with Crippen LogP contribution in [0.25, 0.3) is 0 Å². The number of hydrogen-bond acceptors (Lipinski definition) is 5. The second-order valence-electron chi connectivity index (χ2n) is 5.48. The summed E-state index contributed by atoms with van der Waals surface area (Å²) in [5, 5.41) is 0. The van der Waals surface area contributed by atoms with Crippen LogP contribution >= 0.6 is 15.9 Å². The van der Waals surface area contributed by atoms with Crippen LogP contribution in [0.5, 0.6) is 6.01 Å². The van der Waals surface area contributed by atoms with Gasteiger partial charge in [-0.3, -0.25) is 4.79 Å². The molecule has 0 saturated carbocycles. The molecule has 1 aliphatic heterocycles. The van der Waals surface area contributed by atoms with Crippen molar-refractivity contribution in [1.29, 1.82) is 0 Å². The molecular formula is C16H16BrFN4O2. The summed E-state index contributed by atoms with van der Waals surface area (Å²) in [6, 6.07) is 7.41. The second kappa shape index (κ2) is 7.12. The van der Waals surface area contributed by atoms with Crippen LogP contribution in [0.15, 0.2) is 34.9 Å². The highest BCUT2D eigenvalue weighted by Crippen LogP contribution is 2.22. The number of rotatable bonds is 3. The molecule has 2 N–H and O–H groups in total. The maximum Gasteiger partial charge on any atom is 0.318 e. The molecule has 3 rings (SSSR count). The molecule has 0 radical (unpaired) electrons. The van der Waals surface area contributed by atoms with Crippen molar-refractivity contribution < 1.29 is 13.9 Å². The zero-order valence-electron chi connectivity index (χ0n) is 12.8. The molecule has 1 amide bonds. The summed E-state index contributed by atoms with van der Waals surface area (Å²) < 4.78 is 19.5. The average molecular weight is 395 g/mol. The standard InChI is InChI=1S/C16H16BrFN4O2/c17-12-4-2-1-3-11(12)15(23)22-7-5-10(6-8-22)24-16-20-9-13(18)14(19)21-16/h1-4,9-10H,5-8H2,(H2,19,20,21). The van der Waals surface area contributed by atoms with E-state index in [1.54, 1.807) is 11.0 Å². The number of nitrogens with two attached hydrogens (primary N) is 1. The minimum absolute atomic E-state index is 0.0109. The second-order valence-corrected chi connectivity index (χ2v) is 6.33. The van der Waals surface area contributed by atoms with Crippen molar-refractivity contribution >= 4 is 27.7 Å². The average Bonchev–Trinajstić information content (AvgIpc) is 2.59. The molecule has 2 aromatic rings. The number of piperidine rings is 1. The first-order valence-corrected chi connectivity index (χ1v) is 8.32. The summed E-state index contributed by atoms with van der Waals surface area (Å²) in [5.41, 5.74) is 6.05. The normalized spacial score (nSPS) is 15.3. The van der Waals surface area contributed by atoms with Crippen molar-refractivity contribution in [2.75, 3.05) is 18.8 Å². The van der Waals surface area contributed by atoms with Crippen molar-refractivity contribution in [3.05, 3.63) is 46.3 Å². The zero-order chi connectivity index (χ0) is 17.1. The van der Waals surface area contributed by atoms with Crippen LogP contribution in [0.2, 0.25) is 0 Å². The van der Waals surface area contributed by atoms with E-state index in [0.29, 0.717) is 31.5 Å². The maximum absolute atomic E-state index is 13.1. The van der Waals surface area contributed by atoms with Crippen LogP contribution in [0.4, 0.5) is 10.2 Å². The highest BCUT2D eigenvalue weighted by Gasteiger charge is 2.26. The number of carbonyl (C=O) groups is 1. The summed E-state index contributed by atoms with van der Waals surface area (Å²) in [4.78, 5) is 21.9. The van der Waals surface area contributed by atoms with Gasteiger partial charge in [0.15, 0.2) is 11.6 Å². The van der Waals surface area contributed by atoms with Gasteiger partial charge in [-0.1, -0.05) is 12.1 Å². The first-order chi connectivity index (χ1) is 11.5. The summed E-state index contributed by atoms with van der Waals surface area (Å²) in [6.07, 6.45) is 2.16. The Labute approximate surface area is 147 Å². The minimum atomic E-state index is -0.670. The van der Waals surface area contributed by atoms with Crippen molar-refractivity contribution in [3.8, 4) is 6.01 Å². The van der Waals surface area contributed by atoms with Gasteiger partial charge < -0.3 is 15.4 Å². The number of aromatic nitrogens is 2. The van der Waals surface area contributed by atoms with Crippen LogP contribution in [-0.4, -0.2) is 40.0 Å². The van der Waals surface area contributed by atoms with Crippen LogP contribution in [0.3, 0.4) is 0 Å². The van der Waals surface area contributed by atoms with E-state index in [4.69, 9.17) is 10.5 Å². The van der Waals surface area contributed by atoms with Crippen LogP contribution < -0.4 is 10.5 Å². The van der Waals surface area contributed by atoms with Gasteiger partial charge in [-0.2, -0.15) is 4.98 Å². The lowest BCUT2D eigenvalue weighted by Gasteiger charge is -2.31. The van der Waals surface area contributed by atoms with Gasteiger partial charge in [0.1, 0.15) is 6.10 Å². The van der Waals surface area contributed by atoms with Gasteiger partial charge in [0.25, 0.3) is 5.91 Å². The van der Waals surface area contributed by atoms with Crippen LogP contribution in [-0.2, 0) is 0 Å². The number of likely N-dealkylation sites (tertiary alicyclic amines) is 1. The lowest BCUT2D eigenvalue weighted by Crippen LogP contribution is -2.42. The van der Waals surface area contributed by atoms with Crippen molar-refractivity contribution in [3.63, 3.8) is 0 Å². The van der Waals surface area contributed by atoms with E-state index in [1.165, 1.54) is 0 Å². The monoisotopic (exact) mass is 394 g/mol. The van der Waals surface area contributed by atoms with Crippen LogP contribution in [0.1, 0.15) is 23.2 Å². The Bertz CT molecular complexity index is 751. The van der Waals surface area contributed by atoms with Crippen LogP contribution in [0, 0.1) is 5.82 Å². The topological polar surface area (TPSA) is 81.3 Å². The number of benzene rings is 1. The molecule has 0 atom stereocenters. The predicted molar refractivity (Wildman–Crippen MR) is 90.1 cm³/mol. The van der Waals surface area contributed by atoms with Gasteiger partial charge in [-0.05, 0) is 28.1 Å². The lowest BCUT2D eigenvalue weighted by molar-refractivity contribution is 0.0578. The molecule has 1 saturated heterocycles. The van der Waals surface area contributed by atoms with E-state index >= 15 is 0 Å². The number of carbonyl (C=O) groups excluding carboxylic acids is 1. The summed E-state index contributed by atoms with van der Waals surface area (Å²) in [5.74, 6) is -0.916. The van der Waals surface area contributed by atoms with E-state index < -0.39 is 5.82 Å². The third-order valence-electron chi connectivity index (χ3n) is 3.85. The number of halogens is 2. The number of amides is 1.